The average molecular weight is 406 g/mol. The van der Waals surface area contributed by atoms with Crippen LogP contribution in [-0.4, -0.2) is 52.9 Å². The Morgan fingerprint density at radius 2 is 2.32 bits per heavy atom. The molecule has 0 radical (unpaired) electrons. The Morgan fingerprint density at radius 3 is 3.04 bits per heavy atom. The van der Waals surface area contributed by atoms with Gasteiger partial charge < -0.3 is 15.0 Å². The topological polar surface area (TPSA) is 54.7 Å². The highest BCUT2D eigenvalue weighted by Gasteiger charge is 2.42. The normalized spacial score (nSPS) is 25.1. The van der Waals surface area contributed by atoms with Gasteiger partial charge in [-0.05, 0) is 25.5 Å². The lowest BCUT2D eigenvalue weighted by Crippen LogP contribution is -2.49. The summed E-state index contributed by atoms with van der Waals surface area (Å²) in [5, 5.41) is 8.25. The van der Waals surface area contributed by atoms with Crippen LogP contribution in [0.15, 0.2) is 35.6 Å². The third-order valence-electron chi connectivity index (χ3n) is 5.25. The first kappa shape index (κ1) is 19.2. The molecule has 28 heavy (non-hydrogen) atoms. The zero-order valence-corrected chi connectivity index (χ0v) is 16.9. The monoisotopic (exact) mass is 405 g/mol. The fraction of sp³-hybridized carbons (Fsp3) is 0.500. The van der Waals surface area contributed by atoms with Crippen LogP contribution in [0.4, 0.5) is 4.39 Å². The third-order valence-corrected chi connectivity index (χ3v) is 5.58. The van der Waals surface area contributed by atoms with E-state index < -0.39 is 0 Å². The number of guanidine groups is 1. The third kappa shape index (κ3) is 4.00. The Kier molecular flexibility index (Phi) is 5.55. The molecule has 4 rings (SSSR count). The molecule has 1 saturated carbocycles. The van der Waals surface area contributed by atoms with Crippen LogP contribution < -0.4 is 5.32 Å². The van der Waals surface area contributed by atoms with Gasteiger partial charge in [0.05, 0.1) is 19.3 Å². The van der Waals surface area contributed by atoms with Crippen molar-refractivity contribution in [3.63, 3.8) is 0 Å². The number of benzene rings is 1. The Hall–Kier alpha value is -2.12. The fourth-order valence-corrected chi connectivity index (χ4v) is 4.04. The molecular formula is C20H25ClFN5O. The summed E-state index contributed by atoms with van der Waals surface area (Å²) in [5.41, 5.74) is 1.67. The molecule has 2 heterocycles. The maximum atomic E-state index is 14.2. The van der Waals surface area contributed by atoms with Gasteiger partial charge in [0.15, 0.2) is 5.96 Å². The van der Waals surface area contributed by atoms with Crippen LogP contribution in [0, 0.1) is 5.82 Å². The number of hydrogen-bond acceptors (Lipinski definition) is 3. The number of aryl methyl sites for hydroxylation is 1. The second kappa shape index (κ2) is 8.09. The van der Waals surface area contributed by atoms with Crippen molar-refractivity contribution >= 4 is 17.6 Å². The molecule has 1 saturated heterocycles. The minimum Gasteiger partial charge on any atom is -0.370 e. The van der Waals surface area contributed by atoms with E-state index in [2.05, 4.69) is 20.3 Å². The van der Waals surface area contributed by atoms with Crippen molar-refractivity contribution in [2.75, 3.05) is 26.2 Å². The number of nitrogens with zero attached hydrogens (tertiary/aromatic N) is 4. The predicted octanol–water partition coefficient (Wildman–Crippen LogP) is 3.11. The minimum atomic E-state index is -0.237. The minimum absolute atomic E-state index is 0.0395. The van der Waals surface area contributed by atoms with E-state index in [1.165, 1.54) is 6.07 Å². The quantitative estimate of drug-likeness (QED) is 0.627. The van der Waals surface area contributed by atoms with Crippen LogP contribution in [-0.2, 0) is 11.8 Å². The molecule has 2 aromatic rings. The Bertz CT molecular complexity index is 850. The van der Waals surface area contributed by atoms with Crippen LogP contribution in [0.2, 0.25) is 5.02 Å². The molecule has 1 aliphatic heterocycles. The lowest BCUT2D eigenvalue weighted by Gasteiger charge is -2.35. The molecule has 1 aliphatic carbocycles. The zero-order valence-electron chi connectivity index (χ0n) is 16.1. The van der Waals surface area contributed by atoms with Crippen LogP contribution >= 0.6 is 11.6 Å². The first-order valence-corrected chi connectivity index (χ1v) is 10.0. The lowest BCUT2D eigenvalue weighted by molar-refractivity contribution is -0.00810. The molecular weight excluding hydrogens is 381 g/mol. The van der Waals surface area contributed by atoms with Gasteiger partial charge in [-0.1, -0.05) is 17.7 Å². The van der Waals surface area contributed by atoms with E-state index in [1.807, 2.05) is 26.4 Å². The van der Waals surface area contributed by atoms with Crippen LogP contribution in [0.1, 0.15) is 36.5 Å². The number of aliphatic imine (C=N–C) groups is 1. The number of morpholine rings is 1. The van der Waals surface area contributed by atoms with Gasteiger partial charge in [0.1, 0.15) is 11.9 Å². The van der Waals surface area contributed by atoms with Crippen molar-refractivity contribution in [1.82, 2.24) is 20.0 Å². The Labute approximate surface area is 169 Å². The summed E-state index contributed by atoms with van der Waals surface area (Å²) in [6.07, 6.45) is 4.63. The molecule has 0 bridgehead atoms. The number of halogens is 2. The van der Waals surface area contributed by atoms with Crippen molar-refractivity contribution in [1.29, 1.82) is 0 Å². The molecule has 150 valence electrons. The van der Waals surface area contributed by atoms with E-state index in [0.717, 1.165) is 24.5 Å². The molecule has 2 fully saturated rings. The van der Waals surface area contributed by atoms with Gasteiger partial charge in [-0.15, -0.1) is 0 Å². The summed E-state index contributed by atoms with van der Waals surface area (Å²) in [4.78, 5) is 6.87. The summed E-state index contributed by atoms with van der Waals surface area (Å²) < 4.78 is 21.9. The van der Waals surface area contributed by atoms with Crippen LogP contribution in [0.5, 0.6) is 0 Å². The number of nitrogens with one attached hydrogen (secondary N) is 1. The molecule has 1 N–H and O–H groups in total. The Balaban J connectivity index is 1.44. The highest BCUT2D eigenvalue weighted by Crippen LogP contribution is 2.45. The average Bonchev–Trinajstić information content (AvgIpc) is 3.28. The molecule has 6 nitrogen and oxygen atoms in total. The summed E-state index contributed by atoms with van der Waals surface area (Å²) >= 11 is 6.23. The molecule has 3 unspecified atom stereocenters. The number of rotatable bonds is 4. The van der Waals surface area contributed by atoms with E-state index in [-0.39, 0.29) is 23.9 Å². The highest BCUT2D eigenvalue weighted by molar-refractivity contribution is 6.31. The number of hydrogen-bond donors (Lipinski definition) is 1. The molecule has 1 aromatic carbocycles. The van der Waals surface area contributed by atoms with Gasteiger partial charge in [0.2, 0.25) is 0 Å². The van der Waals surface area contributed by atoms with Gasteiger partial charge in [0, 0.05) is 54.4 Å². The maximum Gasteiger partial charge on any atom is 0.194 e. The van der Waals surface area contributed by atoms with Crippen LogP contribution in [0.25, 0.3) is 0 Å². The van der Waals surface area contributed by atoms with Crippen molar-refractivity contribution in [2.45, 2.75) is 31.4 Å². The molecule has 3 atom stereocenters. The van der Waals surface area contributed by atoms with Crippen molar-refractivity contribution in [3.05, 3.63) is 52.6 Å². The first-order chi connectivity index (χ1) is 13.6. The van der Waals surface area contributed by atoms with Gasteiger partial charge in [0.25, 0.3) is 0 Å². The standard InChI is InChI=1S/C20H25ClFN5O/c1-3-23-20(25-17-9-14(17)19-15(21)5-4-6-16(19)22)27-7-8-28-18(12-27)13-10-24-26(2)11-13/h4-6,10-11,14,17-18H,3,7-9,12H2,1-2H3,(H,23,25). The second-order valence-electron chi connectivity index (χ2n) is 7.28. The molecule has 0 spiro atoms. The molecule has 2 aliphatic rings. The SMILES string of the molecule is CCN=C(NC1CC1c1c(F)cccc1Cl)N1CCOC(c2cnn(C)c2)C1. The Morgan fingerprint density at radius 1 is 1.46 bits per heavy atom. The summed E-state index contributed by atoms with van der Waals surface area (Å²) in [5.74, 6) is 0.685. The summed E-state index contributed by atoms with van der Waals surface area (Å²) in [6, 6.07) is 5.00. The predicted molar refractivity (Wildman–Crippen MR) is 107 cm³/mol. The van der Waals surface area contributed by atoms with E-state index in [9.17, 15) is 4.39 Å². The van der Waals surface area contributed by atoms with Gasteiger partial charge in [-0.2, -0.15) is 5.10 Å². The van der Waals surface area contributed by atoms with Gasteiger partial charge in [-0.3, -0.25) is 9.67 Å². The number of ether oxygens (including phenoxy) is 1. The summed E-state index contributed by atoms with van der Waals surface area (Å²) in [7, 11) is 1.90. The van der Waals surface area contributed by atoms with Crippen molar-refractivity contribution in [3.8, 4) is 0 Å². The summed E-state index contributed by atoms with van der Waals surface area (Å²) in [6.45, 7) is 4.78. The van der Waals surface area contributed by atoms with E-state index in [4.69, 9.17) is 16.3 Å². The van der Waals surface area contributed by atoms with Crippen molar-refractivity contribution < 1.29 is 9.13 Å². The molecule has 0 amide bonds. The zero-order chi connectivity index (χ0) is 19.7. The highest BCUT2D eigenvalue weighted by atomic mass is 35.5. The fourth-order valence-electron chi connectivity index (χ4n) is 3.74. The first-order valence-electron chi connectivity index (χ1n) is 9.66. The van der Waals surface area contributed by atoms with Crippen LogP contribution in [0.3, 0.4) is 0 Å². The largest absolute Gasteiger partial charge is 0.370 e. The van der Waals surface area contributed by atoms with Crippen molar-refractivity contribution in [2.24, 2.45) is 12.0 Å². The van der Waals surface area contributed by atoms with Gasteiger partial charge >= 0.3 is 0 Å². The maximum absolute atomic E-state index is 14.2. The van der Waals surface area contributed by atoms with E-state index >= 15 is 0 Å². The molecule has 1 aromatic heterocycles. The smallest absolute Gasteiger partial charge is 0.194 e. The van der Waals surface area contributed by atoms with Gasteiger partial charge in [-0.25, -0.2) is 4.39 Å². The second-order valence-corrected chi connectivity index (χ2v) is 7.69. The lowest BCUT2D eigenvalue weighted by atomic mass is 10.1. The molecule has 8 heteroatoms. The van der Waals surface area contributed by atoms with E-state index in [0.29, 0.717) is 30.3 Å². The number of aromatic nitrogens is 2. The van der Waals surface area contributed by atoms with E-state index in [1.54, 1.807) is 16.8 Å².